The van der Waals surface area contributed by atoms with Gasteiger partial charge in [-0.05, 0) is 33.1 Å². The van der Waals surface area contributed by atoms with Crippen LogP contribution in [0.5, 0.6) is 0 Å². The monoisotopic (exact) mass is 322 g/mol. The minimum Gasteiger partial charge on any atom is -0.358 e. The van der Waals surface area contributed by atoms with Gasteiger partial charge in [-0.25, -0.2) is 4.98 Å². The van der Waals surface area contributed by atoms with Crippen molar-refractivity contribution in [1.29, 1.82) is 0 Å². The topological polar surface area (TPSA) is 103 Å². The van der Waals surface area contributed by atoms with Gasteiger partial charge < -0.3 is 14.7 Å². The third-order valence-electron chi connectivity index (χ3n) is 2.66. The average Bonchev–Trinajstić information content (AvgIpc) is 3.15. The molecule has 10 heteroatoms. The van der Waals surface area contributed by atoms with Crippen molar-refractivity contribution < 1.29 is 4.92 Å². The Bertz CT molecular complexity index is 764. The number of hydrogen-bond acceptors (Lipinski definition) is 7. The molecule has 0 saturated heterocycles. The predicted octanol–water partition coefficient (Wildman–Crippen LogP) is 2.25. The van der Waals surface area contributed by atoms with Crippen molar-refractivity contribution in [3.8, 4) is 0 Å². The van der Waals surface area contributed by atoms with Crippen molar-refractivity contribution in [2.24, 2.45) is 7.05 Å². The third-order valence-corrected chi connectivity index (χ3v) is 4.56. The first-order valence-corrected chi connectivity index (χ1v) is 7.60. The molecule has 0 fully saturated rings. The van der Waals surface area contributed by atoms with Crippen LogP contribution in [0.3, 0.4) is 0 Å². The van der Waals surface area contributed by atoms with Crippen LogP contribution in [-0.4, -0.2) is 29.7 Å². The van der Waals surface area contributed by atoms with Gasteiger partial charge in [-0.3, -0.25) is 5.10 Å². The Morgan fingerprint density at radius 1 is 1.57 bits per heavy atom. The van der Waals surface area contributed by atoms with Gasteiger partial charge in [0.15, 0.2) is 5.03 Å². The highest BCUT2D eigenvalue weighted by molar-refractivity contribution is 7.99. The molecular formula is C11H10N6O2S2. The molecule has 3 aromatic heterocycles. The molecule has 1 N–H and O–H groups in total. The summed E-state index contributed by atoms with van der Waals surface area (Å²) >= 11 is 2.76. The maximum absolute atomic E-state index is 10.9. The summed E-state index contributed by atoms with van der Waals surface area (Å²) < 4.78 is 1.58. The van der Waals surface area contributed by atoms with Crippen molar-refractivity contribution in [2.75, 3.05) is 0 Å². The molecule has 108 valence electrons. The van der Waals surface area contributed by atoms with Gasteiger partial charge >= 0.3 is 5.82 Å². The minimum absolute atomic E-state index is 0.188. The number of H-pyrrole nitrogens is 1. The van der Waals surface area contributed by atoms with Crippen LogP contribution in [0.2, 0.25) is 0 Å². The molecule has 8 nitrogen and oxygen atoms in total. The summed E-state index contributed by atoms with van der Waals surface area (Å²) in [5.74, 6) is 0.539. The average molecular weight is 322 g/mol. The van der Waals surface area contributed by atoms with E-state index in [1.807, 2.05) is 17.5 Å². The van der Waals surface area contributed by atoms with Crippen molar-refractivity contribution in [3.63, 3.8) is 0 Å². The number of imidazole rings is 1. The highest BCUT2D eigenvalue weighted by atomic mass is 32.2. The van der Waals surface area contributed by atoms with Crippen molar-refractivity contribution in [2.45, 2.75) is 16.6 Å². The molecule has 21 heavy (non-hydrogen) atoms. The lowest BCUT2D eigenvalue weighted by Crippen LogP contribution is -1.94. The standard InChI is InChI=1S/C11H10N6O2S2/c1-16-6-12-9(17(18)19)10(16)21-11-13-8(14-15-11)5-7-3-2-4-20-7/h2-4,6H,5H2,1H3,(H,13,14,15). The first-order chi connectivity index (χ1) is 10.1. The number of nitrogens with zero attached hydrogens (tertiary/aromatic N) is 5. The van der Waals surface area contributed by atoms with Gasteiger partial charge in [-0.1, -0.05) is 6.07 Å². The number of rotatable bonds is 5. The maximum atomic E-state index is 10.9. The van der Waals surface area contributed by atoms with E-state index in [0.29, 0.717) is 16.6 Å². The van der Waals surface area contributed by atoms with E-state index in [9.17, 15) is 10.1 Å². The van der Waals surface area contributed by atoms with Gasteiger partial charge in [-0.2, -0.15) is 0 Å². The molecule has 0 bridgehead atoms. The first-order valence-electron chi connectivity index (χ1n) is 5.90. The van der Waals surface area contributed by atoms with Gasteiger partial charge in [0.2, 0.25) is 11.5 Å². The zero-order chi connectivity index (χ0) is 14.8. The zero-order valence-corrected chi connectivity index (χ0v) is 12.5. The lowest BCUT2D eigenvalue weighted by atomic mass is 10.3. The second-order valence-electron chi connectivity index (χ2n) is 4.16. The van der Waals surface area contributed by atoms with Crippen LogP contribution in [0.1, 0.15) is 10.7 Å². The van der Waals surface area contributed by atoms with Crippen molar-refractivity contribution in [3.05, 3.63) is 44.7 Å². The second kappa shape index (κ2) is 5.66. The van der Waals surface area contributed by atoms with E-state index < -0.39 is 4.92 Å². The van der Waals surface area contributed by atoms with Crippen molar-refractivity contribution >= 4 is 28.9 Å². The SMILES string of the molecule is Cn1cnc([N+](=O)[O-])c1Sc1n[nH]c(Cc2cccs2)n1. The summed E-state index contributed by atoms with van der Waals surface area (Å²) in [6.07, 6.45) is 2.07. The van der Waals surface area contributed by atoms with Gasteiger partial charge in [0.05, 0.1) is 0 Å². The summed E-state index contributed by atoms with van der Waals surface area (Å²) in [5, 5.41) is 20.7. The van der Waals surface area contributed by atoms with E-state index in [-0.39, 0.29) is 5.82 Å². The quantitative estimate of drug-likeness (QED) is 0.571. The van der Waals surface area contributed by atoms with Crippen LogP contribution in [0.25, 0.3) is 0 Å². The molecule has 3 aromatic rings. The number of aromatic nitrogens is 5. The molecule has 0 unspecified atom stereocenters. The van der Waals surface area contributed by atoms with Crippen LogP contribution < -0.4 is 0 Å². The van der Waals surface area contributed by atoms with Crippen molar-refractivity contribution in [1.82, 2.24) is 24.7 Å². The maximum Gasteiger partial charge on any atom is 0.396 e. The van der Waals surface area contributed by atoms with Crippen LogP contribution in [0.15, 0.2) is 34.0 Å². The largest absolute Gasteiger partial charge is 0.396 e. The molecule has 0 aliphatic carbocycles. The molecule has 3 heterocycles. The Hall–Kier alpha value is -2.20. The van der Waals surface area contributed by atoms with Crippen LogP contribution >= 0.6 is 23.1 Å². The Balaban J connectivity index is 1.78. The van der Waals surface area contributed by atoms with E-state index in [0.717, 1.165) is 17.6 Å². The van der Waals surface area contributed by atoms with E-state index in [1.165, 1.54) is 11.2 Å². The summed E-state index contributed by atoms with van der Waals surface area (Å²) in [6, 6.07) is 4.00. The molecule has 0 aliphatic rings. The minimum atomic E-state index is -0.512. The third kappa shape index (κ3) is 2.95. The number of thiophene rings is 1. The summed E-state index contributed by atoms with van der Waals surface area (Å²) in [5.41, 5.74) is 0. The van der Waals surface area contributed by atoms with E-state index in [2.05, 4.69) is 20.2 Å². The highest BCUT2D eigenvalue weighted by Gasteiger charge is 2.22. The predicted molar refractivity (Wildman–Crippen MR) is 77.5 cm³/mol. The molecule has 0 saturated carbocycles. The molecule has 0 aromatic carbocycles. The first kappa shape index (κ1) is 13.8. The van der Waals surface area contributed by atoms with Gasteiger partial charge in [0, 0.05) is 18.3 Å². The lowest BCUT2D eigenvalue weighted by Gasteiger charge is -1.97. The number of hydrogen-bond donors (Lipinski definition) is 1. The molecule has 0 amide bonds. The number of nitro groups is 1. The highest BCUT2D eigenvalue weighted by Crippen LogP contribution is 2.31. The number of nitrogens with one attached hydrogen (secondary N) is 1. The molecule has 0 atom stereocenters. The molecular weight excluding hydrogens is 312 g/mol. The van der Waals surface area contributed by atoms with Crippen LogP contribution in [0.4, 0.5) is 5.82 Å². The number of aryl methyl sites for hydroxylation is 1. The summed E-state index contributed by atoms with van der Waals surface area (Å²) in [6.45, 7) is 0. The second-order valence-corrected chi connectivity index (χ2v) is 6.15. The van der Waals surface area contributed by atoms with Gasteiger partial charge in [-0.15, -0.1) is 16.4 Å². The Morgan fingerprint density at radius 3 is 3.14 bits per heavy atom. The van der Waals surface area contributed by atoms with Crippen LogP contribution in [-0.2, 0) is 13.5 Å². The molecule has 0 aliphatic heterocycles. The molecule has 3 rings (SSSR count). The molecule has 0 radical (unpaired) electrons. The Kier molecular flexibility index (Phi) is 3.71. The summed E-state index contributed by atoms with van der Waals surface area (Å²) in [7, 11) is 1.70. The van der Waals surface area contributed by atoms with Gasteiger partial charge in [0.25, 0.3) is 0 Å². The molecule has 0 spiro atoms. The van der Waals surface area contributed by atoms with E-state index in [4.69, 9.17) is 0 Å². The fraction of sp³-hybridized carbons (Fsp3) is 0.182. The Morgan fingerprint density at radius 2 is 2.43 bits per heavy atom. The smallest absolute Gasteiger partial charge is 0.358 e. The summed E-state index contributed by atoms with van der Waals surface area (Å²) in [4.78, 5) is 19.7. The fourth-order valence-electron chi connectivity index (χ4n) is 1.72. The van der Waals surface area contributed by atoms with Crippen LogP contribution in [0, 0.1) is 10.1 Å². The zero-order valence-electron chi connectivity index (χ0n) is 10.9. The number of aromatic amines is 1. The Labute approximate surface area is 127 Å². The van der Waals surface area contributed by atoms with E-state index in [1.54, 1.807) is 23.0 Å². The normalized spacial score (nSPS) is 10.9. The van der Waals surface area contributed by atoms with E-state index >= 15 is 0 Å². The van der Waals surface area contributed by atoms with Gasteiger partial charge in [0.1, 0.15) is 5.82 Å². The lowest BCUT2D eigenvalue weighted by molar-refractivity contribution is -0.392. The fourth-order valence-corrected chi connectivity index (χ4v) is 3.26.